The minimum absolute atomic E-state index is 0.301. The van der Waals surface area contributed by atoms with Crippen molar-refractivity contribution in [1.29, 1.82) is 0 Å². The monoisotopic (exact) mass is 219 g/mol. The van der Waals surface area contributed by atoms with Crippen molar-refractivity contribution in [3.63, 3.8) is 0 Å². The van der Waals surface area contributed by atoms with E-state index in [1.807, 2.05) is 18.2 Å². The van der Waals surface area contributed by atoms with E-state index in [4.69, 9.17) is 4.74 Å². The van der Waals surface area contributed by atoms with E-state index < -0.39 is 0 Å². The predicted molar refractivity (Wildman–Crippen MR) is 68.8 cm³/mol. The van der Waals surface area contributed by atoms with Crippen molar-refractivity contribution in [1.82, 2.24) is 5.32 Å². The van der Waals surface area contributed by atoms with E-state index in [2.05, 4.69) is 31.8 Å². The first kappa shape index (κ1) is 12.8. The Hall–Kier alpha value is -1.28. The van der Waals surface area contributed by atoms with E-state index >= 15 is 0 Å². The van der Waals surface area contributed by atoms with E-state index in [1.165, 1.54) is 11.1 Å². The number of rotatable bonds is 6. The van der Waals surface area contributed by atoms with E-state index in [1.54, 1.807) is 7.11 Å². The lowest BCUT2D eigenvalue weighted by Crippen LogP contribution is -2.20. The molecule has 0 aliphatic heterocycles. The zero-order valence-electron chi connectivity index (χ0n) is 10.4. The first-order chi connectivity index (χ1) is 7.65. The van der Waals surface area contributed by atoms with Crippen molar-refractivity contribution in [3.05, 3.63) is 42.0 Å². The summed E-state index contributed by atoms with van der Waals surface area (Å²) in [4.78, 5) is 0. The van der Waals surface area contributed by atoms with Gasteiger partial charge in [0.25, 0.3) is 0 Å². The molecule has 0 radical (unpaired) electrons. The predicted octanol–water partition coefficient (Wildman–Crippen LogP) is 3.31. The molecule has 16 heavy (non-hydrogen) atoms. The number of nitrogens with one attached hydrogen (secondary N) is 1. The second-order valence-corrected chi connectivity index (χ2v) is 4.12. The largest absolute Gasteiger partial charge is 0.496 e. The standard InChI is InChI=1S/C14H21NO/c1-11(2)9-10-15-12(3)13-7-5-6-8-14(13)16-4/h5-8,12,15H,1,9-10H2,2-4H3/t12-/m0/s1. The highest BCUT2D eigenvalue weighted by Gasteiger charge is 2.09. The van der Waals surface area contributed by atoms with Crippen LogP contribution in [0.5, 0.6) is 5.75 Å². The molecule has 0 unspecified atom stereocenters. The Morgan fingerprint density at radius 1 is 1.44 bits per heavy atom. The minimum atomic E-state index is 0.301. The van der Waals surface area contributed by atoms with Crippen LogP contribution in [-0.4, -0.2) is 13.7 Å². The van der Waals surface area contributed by atoms with Gasteiger partial charge < -0.3 is 10.1 Å². The molecule has 88 valence electrons. The molecule has 0 heterocycles. The summed E-state index contributed by atoms with van der Waals surface area (Å²) >= 11 is 0. The highest BCUT2D eigenvalue weighted by molar-refractivity contribution is 5.35. The lowest BCUT2D eigenvalue weighted by atomic mass is 10.1. The Morgan fingerprint density at radius 2 is 2.12 bits per heavy atom. The minimum Gasteiger partial charge on any atom is -0.496 e. The van der Waals surface area contributed by atoms with E-state index in [0.29, 0.717) is 6.04 Å². The second kappa shape index (κ2) is 6.33. The Balaban J connectivity index is 2.58. The maximum atomic E-state index is 5.34. The molecule has 1 rings (SSSR count). The SMILES string of the molecule is C=C(C)CCN[C@@H](C)c1ccccc1OC. The zero-order chi connectivity index (χ0) is 12.0. The molecular weight excluding hydrogens is 198 g/mol. The van der Waals surface area contributed by atoms with Crippen LogP contribution >= 0.6 is 0 Å². The van der Waals surface area contributed by atoms with E-state index in [0.717, 1.165) is 18.7 Å². The Bertz CT molecular complexity index is 346. The molecular formula is C14H21NO. The third-order valence-corrected chi connectivity index (χ3v) is 2.61. The molecule has 2 nitrogen and oxygen atoms in total. The quantitative estimate of drug-likeness (QED) is 0.741. The molecule has 0 aliphatic rings. The van der Waals surface area contributed by atoms with Gasteiger partial charge in [0.1, 0.15) is 5.75 Å². The third-order valence-electron chi connectivity index (χ3n) is 2.61. The van der Waals surface area contributed by atoms with Crippen molar-refractivity contribution < 1.29 is 4.74 Å². The van der Waals surface area contributed by atoms with Crippen molar-refractivity contribution in [3.8, 4) is 5.75 Å². The molecule has 0 spiro atoms. The van der Waals surface area contributed by atoms with Gasteiger partial charge >= 0.3 is 0 Å². The van der Waals surface area contributed by atoms with Gasteiger partial charge in [0.15, 0.2) is 0 Å². The fraction of sp³-hybridized carbons (Fsp3) is 0.429. The van der Waals surface area contributed by atoms with Gasteiger partial charge in [-0.3, -0.25) is 0 Å². The number of methoxy groups -OCH3 is 1. The summed E-state index contributed by atoms with van der Waals surface area (Å²) < 4.78 is 5.34. The van der Waals surface area contributed by atoms with Crippen LogP contribution in [0, 0.1) is 0 Å². The fourth-order valence-corrected chi connectivity index (χ4v) is 1.64. The first-order valence-electron chi connectivity index (χ1n) is 5.66. The van der Waals surface area contributed by atoms with Gasteiger partial charge in [-0.2, -0.15) is 0 Å². The van der Waals surface area contributed by atoms with Crippen molar-refractivity contribution >= 4 is 0 Å². The van der Waals surface area contributed by atoms with Crippen LogP contribution in [0.25, 0.3) is 0 Å². The van der Waals surface area contributed by atoms with Crippen LogP contribution in [0.15, 0.2) is 36.4 Å². The summed E-state index contributed by atoms with van der Waals surface area (Å²) in [7, 11) is 1.71. The Labute approximate surface area is 98.3 Å². The number of hydrogen-bond acceptors (Lipinski definition) is 2. The van der Waals surface area contributed by atoms with Crippen LogP contribution in [0.2, 0.25) is 0 Å². The van der Waals surface area contributed by atoms with Crippen molar-refractivity contribution in [2.75, 3.05) is 13.7 Å². The van der Waals surface area contributed by atoms with Crippen LogP contribution in [0.4, 0.5) is 0 Å². The van der Waals surface area contributed by atoms with Crippen LogP contribution < -0.4 is 10.1 Å². The van der Waals surface area contributed by atoms with Crippen LogP contribution in [0.1, 0.15) is 31.9 Å². The van der Waals surface area contributed by atoms with Gasteiger partial charge in [-0.15, -0.1) is 6.58 Å². The molecule has 0 aromatic heterocycles. The topological polar surface area (TPSA) is 21.3 Å². The summed E-state index contributed by atoms with van der Waals surface area (Å²) in [6.07, 6.45) is 1.01. The van der Waals surface area contributed by atoms with Crippen molar-refractivity contribution in [2.24, 2.45) is 0 Å². The molecule has 0 amide bonds. The highest BCUT2D eigenvalue weighted by atomic mass is 16.5. The number of para-hydroxylation sites is 1. The molecule has 1 N–H and O–H groups in total. The fourth-order valence-electron chi connectivity index (χ4n) is 1.64. The molecule has 0 fully saturated rings. The third kappa shape index (κ3) is 3.70. The smallest absolute Gasteiger partial charge is 0.123 e. The average molecular weight is 219 g/mol. The highest BCUT2D eigenvalue weighted by Crippen LogP contribution is 2.24. The van der Waals surface area contributed by atoms with Gasteiger partial charge in [0.05, 0.1) is 7.11 Å². The number of benzene rings is 1. The summed E-state index contributed by atoms with van der Waals surface area (Å²) in [6.45, 7) is 9.05. The van der Waals surface area contributed by atoms with Gasteiger partial charge in [-0.05, 0) is 32.9 Å². The van der Waals surface area contributed by atoms with Crippen LogP contribution in [-0.2, 0) is 0 Å². The summed E-state index contributed by atoms with van der Waals surface area (Å²) in [5, 5.41) is 3.46. The molecule has 0 saturated heterocycles. The number of hydrogen-bond donors (Lipinski definition) is 1. The van der Waals surface area contributed by atoms with E-state index in [-0.39, 0.29) is 0 Å². The van der Waals surface area contributed by atoms with Crippen LogP contribution in [0.3, 0.4) is 0 Å². The second-order valence-electron chi connectivity index (χ2n) is 4.12. The molecule has 0 aliphatic carbocycles. The maximum Gasteiger partial charge on any atom is 0.123 e. The maximum absolute atomic E-state index is 5.34. The molecule has 0 saturated carbocycles. The van der Waals surface area contributed by atoms with E-state index in [9.17, 15) is 0 Å². The average Bonchev–Trinajstić information content (AvgIpc) is 2.28. The number of ether oxygens (including phenoxy) is 1. The molecule has 0 bridgehead atoms. The Kier molecular flexibility index (Phi) is 5.06. The summed E-state index contributed by atoms with van der Waals surface area (Å²) in [5.74, 6) is 0.942. The molecule has 1 aromatic carbocycles. The molecule has 1 atom stereocenters. The first-order valence-corrected chi connectivity index (χ1v) is 5.66. The van der Waals surface area contributed by atoms with Gasteiger partial charge in [0.2, 0.25) is 0 Å². The Morgan fingerprint density at radius 3 is 2.75 bits per heavy atom. The normalized spacial score (nSPS) is 12.2. The molecule has 1 aromatic rings. The molecule has 2 heteroatoms. The van der Waals surface area contributed by atoms with Gasteiger partial charge in [-0.25, -0.2) is 0 Å². The van der Waals surface area contributed by atoms with Gasteiger partial charge in [-0.1, -0.05) is 23.8 Å². The zero-order valence-corrected chi connectivity index (χ0v) is 10.4. The summed E-state index contributed by atoms with van der Waals surface area (Å²) in [5.41, 5.74) is 2.41. The lowest BCUT2D eigenvalue weighted by molar-refractivity contribution is 0.402. The lowest BCUT2D eigenvalue weighted by Gasteiger charge is -2.17. The summed E-state index contributed by atoms with van der Waals surface area (Å²) in [6, 6.07) is 8.41. The van der Waals surface area contributed by atoms with Crippen molar-refractivity contribution in [2.45, 2.75) is 26.3 Å². The van der Waals surface area contributed by atoms with Gasteiger partial charge in [0, 0.05) is 11.6 Å².